The van der Waals surface area contributed by atoms with Gasteiger partial charge in [-0.25, -0.2) is 0 Å². The highest BCUT2D eigenvalue weighted by molar-refractivity contribution is 5.31. The van der Waals surface area contributed by atoms with E-state index in [1.54, 1.807) is 0 Å². The third-order valence-electron chi connectivity index (χ3n) is 4.22. The number of piperidine rings is 1. The predicted octanol–water partition coefficient (Wildman–Crippen LogP) is 3.86. The molecule has 0 bridgehead atoms. The van der Waals surface area contributed by atoms with Crippen LogP contribution < -0.4 is 5.32 Å². The van der Waals surface area contributed by atoms with Gasteiger partial charge < -0.3 is 5.32 Å². The Morgan fingerprint density at radius 3 is 2.26 bits per heavy atom. The summed E-state index contributed by atoms with van der Waals surface area (Å²) in [6.07, 6.45) is 1.22. The van der Waals surface area contributed by atoms with Crippen LogP contribution in [0.2, 0.25) is 0 Å². The molecule has 2 unspecified atom stereocenters. The van der Waals surface area contributed by atoms with Crippen molar-refractivity contribution in [1.29, 1.82) is 0 Å². The lowest BCUT2D eigenvalue weighted by Crippen LogP contribution is -2.34. The quantitative estimate of drug-likeness (QED) is 0.854. The van der Waals surface area contributed by atoms with Crippen LogP contribution in [0.4, 0.5) is 0 Å². The highest BCUT2D eigenvalue weighted by Crippen LogP contribution is 2.37. The average molecular weight is 251 g/mol. The van der Waals surface area contributed by atoms with Gasteiger partial charge in [-0.1, -0.05) is 60.2 Å². The van der Waals surface area contributed by atoms with Crippen molar-refractivity contribution < 1.29 is 0 Å². The number of nitrogens with one attached hydrogen (secondary N) is 1. The Bertz CT molecular complexity index is 515. The zero-order chi connectivity index (χ0) is 13.1. The Hall–Kier alpha value is -1.60. The molecule has 3 rings (SSSR count). The topological polar surface area (TPSA) is 12.0 Å². The molecule has 2 aromatic rings. The van der Waals surface area contributed by atoms with Crippen molar-refractivity contribution in [3.63, 3.8) is 0 Å². The molecule has 0 amide bonds. The smallest absolute Gasteiger partial charge is 0.00326 e. The van der Waals surface area contributed by atoms with Gasteiger partial charge in [0, 0.05) is 12.5 Å². The van der Waals surface area contributed by atoms with Crippen molar-refractivity contribution in [2.24, 2.45) is 0 Å². The lowest BCUT2D eigenvalue weighted by Gasteiger charge is -2.33. The van der Waals surface area contributed by atoms with E-state index in [4.69, 9.17) is 0 Å². The number of rotatable bonds is 2. The summed E-state index contributed by atoms with van der Waals surface area (Å²) < 4.78 is 0. The van der Waals surface area contributed by atoms with Gasteiger partial charge in [0.15, 0.2) is 0 Å². The van der Waals surface area contributed by atoms with Crippen molar-refractivity contribution in [3.8, 4) is 0 Å². The minimum atomic E-state index is 0.594. The van der Waals surface area contributed by atoms with Gasteiger partial charge in [0.2, 0.25) is 0 Å². The van der Waals surface area contributed by atoms with Crippen LogP contribution in [0.15, 0.2) is 54.6 Å². The Balaban J connectivity index is 1.91. The highest BCUT2D eigenvalue weighted by Gasteiger charge is 2.27. The molecule has 0 radical (unpaired) electrons. The molecule has 19 heavy (non-hydrogen) atoms. The number of benzene rings is 2. The first-order chi connectivity index (χ1) is 9.34. The van der Waals surface area contributed by atoms with E-state index in [1.807, 2.05) is 0 Å². The SMILES string of the molecule is Cc1ccc(C2CNCCC2c2ccccc2)cc1. The van der Waals surface area contributed by atoms with Gasteiger partial charge in [0.05, 0.1) is 0 Å². The molecule has 1 nitrogen and oxygen atoms in total. The van der Waals surface area contributed by atoms with Crippen LogP contribution >= 0.6 is 0 Å². The van der Waals surface area contributed by atoms with Crippen LogP contribution in [0.25, 0.3) is 0 Å². The van der Waals surface area contributed by atoms with Crippen LogP contribution in [0.3, 0.4) is 0 Å². The van der Waals surface area contributed by atoms with E-state index in [2.05, 4.69) is 66.8 Å². The predicted molar refractivity (Wildman–Crippen MR) is 80.6 cm³/mol. The lowest BCUT2D eigenvalue weighted by molar-refractivity contribution is 0.404. The maximum absolute atomic E-state index is 3.55. The van der Waals surface area contributed by atoms with Crippen LogP contribution in [0.5, 0.6) is 0 Å². The van der Waals surface area contributed by atoms with Crippen LogP contribution in [-0.2, 0) is 0 Å². The molecule has 1 fully saturated rings. The molecule has 1 aliphatic rings. The Kier molecular flexibility index (Phi) is 3.65. The molecule has 1 heterocycles. The maximum Gasteiger partial charge on any atom is 0.00326 e. The third kappa shape index (κ3) is 2.71. The largest absolute Gasteiger partial charge is 0.316 e. The lowest BCUT2D eigenvalue weighted by atomic mass is 9.77. The summed E-state index contributed by atoms with van der Waals surface area (Å²) in [5.41, 5.74) is 4.28. The summed E-state index contributed by atoms with van der Waals surface area (Å²) in [6, 6.07) is 20.0. The second-order valence-electron chi connectivity index (χ2n) is 5.53. The first-order valence-corrected chi connectivity index (χ1v) is 7.17. The Morgan fingerprint density at radius 1 is 0.842 bits per heavy atom. The molecule has 0 saturated carbocycles. The molecule has 2 aromatic carbocycles. The van der Waals surface area contributed by atoms with Crippen molar-refractivity contribution >= 4 is 0 Å². The van der Waals surface area contributed by atoms with E-state index in [0.29, 0.717) is 11.8 Å². The normalized spacial score (nSPS) is 23.2. The monoisotopic (exact) mass is 251 g/mol. The molecule has 0 aliphatic carbocycles. The van der Waals surface area contributed by atoms with E-state index in [9.17, 15) is 0 Å². The molecule has 0 aromatic heterocycles. The summed E-state index contributed by atoms with van der Waals surface area (Å²) in [5, 5.41) is 3.55. The minimum absolute atomic E-state index is 0.594. The van der Waals surface area contributed by atoms with E-state index in [1.165, 1.54) is 23.1 Å². The minimum Gasteiger partial charge on any atom is -0.316 e. The van der Waals surface area contributed by atoms with Gasteiger partial charge in [0.1, 0.15) is 0 Å². The zero-order valence-corrected chi connectivity index (χ0v) is 11.5. The average Bonchev–Trinajstić information content (AvgIpc) is 2.49. The van der Waals surface area contributed by atoms with Crippen LogP contribution in [0, 0.1) is 6.92 Å². The molecule has 1 heteroatoms. The fourth-order valence-corrected chi connectivity index (χ4v) is 3.12. The van der Waals surface area contributed by atoms with Gasteiger partial charge in [-0.2, -0.15) is 0 Å². The summed E-state index contributed by atoms with van der Waals surface area (Å²) in [5.74, 6) is 1.24. The van der Waals surface area contributed by atoms with E-state index in [-0.39, 0.29) is 0 Å². The van der Waals surface area contributed by atoms with Crippen molar-refractivity contribution in [3.05, 3.63) is 71.3 Å². The number of hydrogen-bond acceptors (Lipinski definition) is 1. The van der Waals surface area contributed by atoms with Gasteiger partial charge in [-0.15, -0.1) is 0 Å². The Morgan fingerprint density at radius 2 is 1.53 bits per heavy atom. The third-order valence-corrected chi connectivity index (χ3v) is 4.22. The molecular formula is C18H21N. The fraction of sp³-hybridized carbons (Fsp3) is 0.333. The molecule has 1 saturated heterocycles. The number of hydrogen-bond donors (Lipinski definition) is 1. The zero-order valence-electron chi connectivity index (χ0n) is 11.5. The second kappa shape index (κ2) is 5.58. The maximum atomic E-state index is 3.55. The standard InChI is InChI=1S/C18H21N/c1-14-7-9-16(10-8-14)18-13-19-12-11-17(18)15-5-3-2-4-6-15/h2-10,17-19H,11-13H2,1H3. The van der Waals surface area contributed by atoms with Crippen LogP contribution in [-0.4, -0.2) is 13.1 Å². The molecule has 1 aliphatic heterocycles. The van der Waals surface area contributed by atoms with Gasteiger partial charge >= 0.3 is 0 Å². The van der Waals surface area contributed by atoms with Gasteiger partial charge in [-0.05, 0) is 36.9 Å². The molecule has 1 N–H and O–H groups in total. The first-order valence-electron chi connectivity index (χ1n) is 7.17. The van der Waals surface area contributed by atoms with E-state index >= 15 is 0 Å². The number of aryl methyl sites for hydroxylation is 1. The fourth-order valence-electron chi connectivity index (χ4n) is 3.12. The first kappa shape index (κ1) is 12.4. The van der Waals surface area contributed by atoms with E-state index < -0.39 is 0 Å². The van der Waals surface area contributed by atoms with Gasteiger partial charge in [0.25, 0.3) is 0 Å². The van der Waals surface area contributed by atoms with Crippen molar-refractivity contribution in [1.82, 2.24) is 5.32 Å². The summed E-state index contributed by atoms with van der Waals surface area (Å²) in [6.45, 7) is 4.36. The summed E-state index contributed by atoms with van der Waals surface area (Å²) in [7, 11) is 0. The van der Waals surface area contributed by atoms with Crippen molar-refractivity contribution in [2.45, 2.75) is 25.2 Å². The second-order valence-corrected chi connectivity index (χ2v) is 5.53. The van der Waals surface area contributed by atoms with Crippen LogP contribution in [0.1, 0.15) is 34.9 Å². The highest BCUT2D eigenvalue weighted by atomic mass is 14.9. The molecule has 2 atom stereocenters. The van der Waals surface area contributed by atoms with Crippen molar-refractivity contribution in [2.75, 3.05) is 13.1 Å². The molecule has 98 valence electrons. The summed E-state index contributed by atoms with van der Waals surface area (Å²) in [4.78, 5) is 0. The molecular weight excluding hydrogens is 230 g/mol. The molecule has 0 spiro atoms. The summed E-state index contributed by atoms with van der Waals surface area (Å²) >= 11 is 0. The van der Waals surface area contributed by atoms with E-state index in [0.717, 1.165) is 13.1 Å². The Labute approximate surface area is 115 Å². The van der Waals surface area contributed by atoms with Gasteiger partial charge in [-0.3, -0.25) is 0 Å².